The first-order chi connectivity index (χ1) is 6.11. The van der Waals surface area contributed by atoms with E-state index in [4.69, 9.17) is 10.3 Å². The van der Waals surface area contributed by atoms with E-state index in [9.17, 15) is 0 Å². The molecule has 0 aliphatic carbocycles. The molecule has 1 aromatic heterocycles. The highest BCUT2D eigenvalue weighted by molar-refractivity contribution is 7.98. The van der Waals surface area contributed by atoms with Crippen LogP contribution in [0.5, 0.6) is 0 Å². The molecule has 1 heterocycles. The van der Waals surface area contributed by atoms with Gasteiger partial charge in [0, 0.05) is 23.1 Å². The fourth-order valence-electron chi connectivity index (χ4n) is 1.05. The largest absolute Gasteiger partial charge is 0.361 e. The lowest BCUT2D eigenvalue weighted by molar-refractivity contribution is 0.392. The number of hydrogen-bond acceptors (Lipinski definition) is 4. The van der Waals surface area contributed by atoms with Crippen LogP contribution in [0.3, 0.4) is 0 Å². The van der Waals surface area contributed by atoms with E-state index in [1.165, 1.54) is 5.56 Å². The van der Waals surface area contributed by atoms with Crippen LogP contribution in [0.1, 0.15) is 23.9 Å². The van der Waals surface area contributed by atoms with Gasteiger partial charge in [0.1, 0.15) is 5.76 Å². The quantitative estimate of drug-likeness (QED) is 0.806. The standard InChI is InChI=1S/C9H16N2OS/c1-6(10)4-13-5-9-7(2)11-12-8(9)3/h6H,4-5,10H2,1-3H3. The van der Waals surface area contributed by atoms with Crippen molar-refractivity contribution in [3.63, 3.8) is 0 Å². The molecule has 74 valence electrons. The topological polar surface area (TPSA) is 52.0 Å². The van der Waals surface area contributed by atoms with Gasteiger partial charge in [-0.05, 0) is 20.8 Å². The molecule has 2 N–H and O–H groups in total. The summed E-state index contributed by atoms with van der Waals surface area (Å²) in [6.07, 6.45) is 0. The molecule has 3 nitrogen and oxygen atoms in total. The lowest BCUT2D eigenvalue weighted by Crippen LogP contribution is -2.17. The third-order valence-electron chi connectivity index (χ3n) is 1.81. The van der Waals surface area contributed by atoms with Crippen molar-refractivity contribution in [3.8, 4) is 0 Å². The Kier molecular flexibility index (Phi) is 3.81. The summed E-state index contributed by atoms with van der Waals surface area (Å²) >= 11 is 1.82. The highest BCUT2D eigenvalue weighted by Crippen LogP contribution is 2.19. The van der Waals surface area contributed by atoms with Crippen LogP contribution in [0.15, 0.2) is 4.52 Å². The Morgan fingerprint density at radius 3 is 2.69 bits per heavy atom. The Bertz CT molecular complexity index is 251. The van der Waals surface area contributed by atoms with E-state index < -0.39 is 0 Å². The van der Waals surface area contributed by atoms with Crippen LogP contribution in [0, 0.1) is 13.8 Å². The van der Waals surface area contributed by atoms with Crippen molar-refractivity contribution in [1.82, 2.24) is 5.16 Å². The van der Waals surface area contributed by atoms with Crippen LogP contribution >= 0.6 is 11.8 Å². The van der Waals surface area contributed by atoms with Crippen molar-refractivity contribution >= 4 is 11.8 Å². The molecule has 13 heavy (non-hydrogen) atoms. The maximum Gasteiger partial charge on any atom is 0.137 e. The van der Waals surface area contributed by atoms with Gasteiger partial charge in [-0.2, -0.15) is 11.8 Å². The summed E-state index contributed by atoms with van der Waals surface area (Å²) in [6, 6.07) is 0.255. The zero-order valence-electron chi connectivity index (χ0n) is 8.33. The molecule has 0 bridgehead atoms. The summed E-state index contributed by atoms with van der Waals surface area (Å²) in [5, 5.41) is 3.89. The van der Waals surface area contributed by atoms with E-state index in [0.717, 1.165) is 23.0 Å². The van der Waals surface area contributed by atoms with Crippen molar-refractivity contribution in [2.45, 2.75) is 32.6 Å². The van der Waals surface area contributed by atoms with Crippen molar-refractivity contribution in [2.75, 3.05) is 5.75 Å². The molecule has 0 radical (unpaired) electrons. The molecule has 0 aromatic carbocycles. The maximum absolute atomic E-state index is 5.65. The monoisotopic (exact) mass is 200 g/mol. The molecule has 1 atom stereocenters. The molecule has 0 aliphatic heterocycles. The lowest BCUT2D eigenvalue weighted by atomic mass is 10.2. The van der Waals surface area contributed by atoms with Gasteiger partial charge in [-0.3, -0.25) is 0 Å². The molecule has 0 aliphatic rings. The fourth-order valence-corrected chi connectivity index (χ4v) is 2.16. The average Bonchev–Trinajstić information content (AvgIpc) is 2.34. The zero-order chi connectivity index (χ0) is 9.84. The Morgan fingerprint density at radius 2 is 2.23 bits per heavy atom. The number of nitrogens with two attached hydrogens (primary N) is 1. The van der Waals surface area contributed by atoms with Gasteiger partial charge >= 0.3 is 0 Å². The number of nitrogens with zero attached hydrogens (tertiary/aromatic N) is 1. The first-order valence-corrected chi connectivity index (χ1v) is 5.51. The minimum Gasteiger partial charge on any atom is -0.361 e. The van der Waals surface area contributed by atoms with Crippen molar-refractivity contribution in [2.24, 2.45) is 5.73 Å². The molecule has 1 aromatic rings. The second kappa shape index (κ2) is 4.67. The minimum absolute atomic E-state index is 0.255. The van der Waals surface area contributed by atoms with Crippen LogP contribution < -0.4 is 5.73 Å². The number of thioether (sulfide) groups is 1. The molecule has 4 heteroatoms. The zero-order valence-corrected chi connectivity index (χ0v) is 9.15. The SMILES string of the molecule is Cc1noc(C)c1CSCC(C)N. The Morgan fingerprint density at radius 1 is 1.54 bits per heavy atom. The first kappa shape index (κ1) is 10.6. The molecule has 1 unspecified atom stereocenters. The molecule has 0 spiro atoms. The molecule has 0 saturated heterocycles. The van der Waals surface area contributed by atoms with Gasteiger partial charge in [-0.1, -0.05) is 5.16 Å². The Balaban J connectivity index is 2.44. The lowest BCUT2D eigenvalue weighted by Gasteiger charge is -2.03. The molecular weight excluding hydrogens is 184 g/mol. The van der Waals surface area contributed by atoms with Gasteiger partial charge in [0.05, 0.1) is 5.69 Å². The van der Waals surface area contributed by atoms with E-state index >= 15 is 0 Å². The van der Waals surface area contributed by atoms with Gasteiger partial charge < -0.3 is 10.3 Å². The van der Waals surface area contributed by atoms with E-state index in [0.29, 0.717) is 0 Å². The third kappa shape index (κ3) is 3.04. The van der Waals surface area contributed by atoms with Crippen molar-refractivity contribution in [1.29, 1.82) is 0 Å². The Labute approximate surface area is 83.0 Å². The highest BCUT2D eigenvalue weighted by Gasteiger charge is 2.08. The van der Waals surface area contributed by atoms with Crippen LogP contribution in [0.4, 0.5) is 0 Å². The molecule has 0 saturated carbocycles. The van der Waals surface area contributed by atoms with E-state index in [1.54, 1.807) is 0 Å². The van der Waals surface area contributed by atoms with E-state index in [-0.39, 0.29) is 6.04 Å². The maximum atomic E-state index is 5.65. The third-order valence-corrected chi connectivity index (χ3v) is 3.06. The minimum atomic E-state index is 0.255. The summed E-state index contributed by atoms with van der Waals surface area (Å²) in [7, 11) is 0. The van der Waals surface area contributed by atoms with Gasteiger partial charge in [0.25, 0.3) is 0 Å². The van der Waals surface area contributed by atoms with Gasteiger partial charge in [-0.25, -0.2) is 0 Å². The summed E-state index contributed by atoms with van der Waals surface area (Å²) in [6.45, 7) is 5.93. The first-order valence-electron chi connectivity index (χ1n) is 4.36. The van der Waals surface area contributed by atoms with Gasteiger partial charge in [0.15, 0.2) is 0 Å². The molecule has 0 amide bonds. The van der Waals surface area contributed by atoms with Crippen molar-refractivity contribution < 1.29 is 4.52 Å². The van der Waals surface area contributed by atoms with Crippen LogP contribution in [0.25, 0.3) is 0 Å². The predicted octanol–water partition coefficient (Wildman–Crippen LogP) is 1.87. The smallest absolute Gasteiger partial charge is 0.137 e. The van der Waals surface area contributed by atoms with Crippen molar-refractivity contribution in [3.05, 3.63) is 17.0 Å². The molecule has 1 rings (SSSR count). The summed E-state index contributed by atoms with van der Waals surface area (Å²) in [5.41, 5.74) is 7.86. The number of aromatic nitrogens is 1. The normalized spacial score (nSPS) is 13.2. The van der Waals surface area contributed by atoms with Crippen LogP contribution in [-0.4, -0.2) is 17.0 Å². The van der Waals surface area contributed by atoms with Crippen LogP contribution in [-0.2, 0) is 5.75 Å². The van der Waals surface area contributed by atoms with Crippen LogP contribution in [0.2, 0.25) is 0 Å². The van der Waals surface area contributed by atoms with Gasteiger partial charge in [0.2, 0.25) is 0 Å². The number of hydrogen-bond donors (Lipinski definition) is 1. The Hall–Kier alpha value is -0.480. The summed E-state index contributed by atoms with van der Waals surface area (Å²) < 4.78 is 5.06. The summed E-state index contributed by atoms with van der Waals surface area (Å²) in [4.78, 5) is 0. The summed E-state index contributed by atoms with van der Waals surface area (Å²) in [5.74, 6) is 2.85. The van der Waals surface area contributed by atoms with E-state index in [1.807, 2.05) is 32.5 Å². The predicted molar refractivity (Wildman–Crippen MR) is 55.8 cm³/mol. The number of aryl methyl sites for hydroxylation is 2. The second-order valence-electron chi connectivity index (χ2n) is 3.30. The highest BCUT2D eigenvalue weighted by atomic mass is 32.2. The van der Waals surface area contributed by atoms with E-state index in [2.05, 4.69) is 5.16 Å². The van der Waals surface area contributed by atoms with Gasteiger partial charge in [-0.15, -0.1) is 0 Å². The fraction of sp³-hybridized carbons (Fsp3) is 0.667. The second-order valence-corrected chi connectivity index (χ2v) is 4.33. The molecule has 0 fully saturated rings. The molecular formula is C9H16N2OS. The number of rotatable bonds is 4. The average molecular weight is 200 g/mol.